The summed E-state index contributed by atoms with van der Waals surface area (Å²) in [5, 5.41) is 6.96. The van der Waals surface area contributed by atoms with E-state index in [2.05, 4.69) is 32.7 Å². The van der Waals surface area contributed by atoms with E-state index in [-0.39, 0.29) is 5.97 Å². The van der Waals surface area contributed by atoms with Crippen LogP contribution in [0.4, 0.5) is 0 Å². The van der Waals surface area contributed by atoms with Gasteiger partial charge in [-0.3, -0.25) is 0 Å². The summed E-state index contributed by atoms with van der Waals surface area (Å²) in [5.41, 5.74) is 2.26. The van der Waals surface area contributed by atoms with Gasteiger partial charge in [-0.15, -0.1) is 11.3 Å². The second kappa shape index (κ2) is 5.79. The van der Waals surface area contributed by atoms with Crippen LogP contribution in [0.5, 0.6) is 0 Å². The summed E-state index contributed by atoms with van der Waals surface area (Å²) in [7, 11) is 0. The van der Waals surface area contributed by atoms with Crippen molar-refractivity contribution >= 4 is 39.9 Å². The Morgan fingerprint density at radius 3 is 3.00 bits per heavy atom. The first kappa shape index (κ1) is 13.5. The molecular formula is C11H12IN3O2S. The third-order valence-corrected chi connectivity index (χ3v) is 4.01. The van der Waals surface area contributed by atoms with Crippen LogP contribution in [-0.2, 0) is 9.16 Å². The highest BCUT2D eigenvalue weighted by molar-refractivity contribution is 14.1. The Hall–Kier alpha value is -0.960. The summed E-state index contributed by atoms with van der Waals surface area (Å²) < 4.78 is 7.51. The number of thiazole rings is 1. The second-order valence-electron chi connectivity index (χ2n) is 3.53. The number of carbonyl (C=O) groups excluding carboxylic acids is 1. The van der Waals surface area contributed by atoms with Gasteiger partial charge in [-0.25, -0.2) is 14.5 Å². The fourth-order valence-corrected chi connectivity index (χ4v) is 2.99. The van der Waals surface area contributed by atoms with Crippen molar-refractivity contribution < 1.29 is 9.53 Å². The van der Waals surface area contributed by atoms with Gasteiger partial charge in [0, 0.05) is 9.81 Å². The van der Waals surface area contributed by atoms with Gasteiger partial charge in [-0.2, -0.15) is 5.10 Å². The molecule has 5 nitrogen and oxygen atoms in total. The Labute approximate surface area is 122 Å². The second-order valence-corrected chi connectivity index (χ2v) is 5.13. The lowest BCUT2D eigenvalue weighted by atomic mass is 10.3. The molecular weight excluding hydrogens is 365 g/mol. The van der Waals surface area contributed by atoms with Crippen molar-refractivity contribution in [1.29, 1.82) is 0 Å². The quantitative estimate of drug-likeness (QED) is 0.467. The summed E-state index contributed by atoms with van der Waals surface area (Å²) in [6.45, 7) is 3.98. The molecule has 0 aliphatic carbocycles. The van der Waals surface area contributed by atoms with Gasteiger partial charge in [0.15, 0.2) is 0 Å². The average molecular weight is 377 g/mol. The lowest BCUT2D eigenvalue weighted by molar-refractivity contribution is 0.0525. The van der Waals surface area contributed by atoms with Crippen molar-refractivity contribution in [2.45, 2.75) is 18.3 Å². The van der Waals surface area contributed by atoms with E-state index in [4.69, 9.17) is 4.74 Å². The first-order valence-corrected chi connectivity index (χ1v) is 7.80. The van der Waals surface area contributed by atoms with Crippen LogP contribution in [0.1, 0.15) is 28.7 Å². The number of hydrogen-bond donors (Lipinski definition) is 0. The molecule has 7 heteroatoms. The molecule has 0 atom stereocenters. The number of rotatable bonds is 4. The van der Waals surface area contributed by atoms with E-state index in [1.54, 1.807) is 11.6 Å². The molecule has 0 unspecified atom stereocenters. The molecule has 0 radical (unpaired) electrons. The molecule has 0 amide bonds. The van der Waals surface area contributed by atoms with Gasteiger partial charge in [-0.1, -0.05) is 22.6 Å². The average Bonchev–Trinajstić information content (AvgIpc) is 2.95. The third-order valence-electron chi connectivity index (χ3n) is 2.36. The smallest absolute Gasteiger partial charge is 0.341 e. The van der Waals surface area contributed by atoms with Crippen molar-refractivity contribution in [2.75, 3.05) is 6.61 Å². The molecule has 96 valence electrons. The van der Waals surface area contributed by atoms with Crippen LogP contribution in [0.3, 0.4) is 0 Å². The Bertz CT molecular complexity index is 564. The van der Waals surface area contributed by atoms with Crippen LogP contribution in [0.25, 0.3) is 5.13 Å². The molecule has 0 aliphatic rings. The number of carbonyl (C=O) groups is 1. The molecule has 0 saturated heterocycles. The zero-order valence-corrected chi connectivity index (χ0v) is 13.0. The SMILES string of the molecule is CCOC(=O)c1cnn(-c2nc(CI)cs2)c1C. The van der Waals surface area contributed by atoms with Crippen LogP contribution in [0.15, 0.2) is 11.6 Å². The number of esters is 1. The van der Waals surface area contributed by atoms with Crippen LogP contribution in [0.2, 0.25) is 0 Å². The largest absolute Gasteiger partial charge is 0.462 e. The number of ether oxygens (including phenoxy) is 1. The number of hydrogen-bond acceptors (Lipinski definition) is 5. The Morgan fingerprint density at radius 2 is 2.39 bits per heavy atom. The molecule has 2 aromatic rings. The van der Waals surface area contributed by atoms with Crippen molar-refractivity contribution in [1.82, 2.24) is 14.8 Å². The van der Waals surface area contributed by atoms with Crippen LogP contribution < -0.4 is 0 Å². The fraction of sp³-hybridized carbons (Fsp3) is 0.364. The molecule has 0 aliphatic heterocycles. The minimum Gasteiger partial charge on any atom is -0.462 e. The minimum atomic E-state index is -0.341. The summed E-state index contributed by atoms with van der Waals surface area (Å²) in [4.78, 5) is 16.1. The summed E-state index contributed by atoms with van der Waals surface area (Å²) in [5.74, 6) is -0.341. The van der Waals surface area contributed by atoms with Crippen molar-refractivity contribution in [3.8, 4) is 5.13 Å². The van der Waals surface area contributed by atoms with Gasteiger partial charge in [0.25, 0.3) is 0 Å². The van der Waals surface area contributed by atoms with E-state index >= 15 is 0 Å². The molecule has 0 fully saturated rings. The highest BCUT2D eigenvalue weighted by Crippen LogP contribution is 2.20. The first-order valence-electron chi connectivity index (χ1n) is 5.39. The van der Waals surface area contributed by atoms with E-state index in [1.165, 1.54) is 17.5 Å². The molecule has 0 saturated carbocycles. The number of halogens is 1. The van der Waals surface area contributed by atoms with Crippen LogP contribution in [-0.4, -0.2) is 27.3 Å². The zero-order chi connectivity index (χ0) is 13.1. The molecule has 0 aromatic carbocycles. The standard InChI is InChI=1S/C11H12IN3O2S/c1-3-17-10(16)9-5-13-15(7(9)2)11-14-8(4-12)6-18-11/h5-6H,3-4H2,1-2H3. The van der Waals surface area contributed by atoms with E-state index < -0.39 is 0 Å². The highest BCUT2D eigenvalue weighted by atomic mass is 127. The van der Waals surface area contributed by atoms with E-state index in [0.717, 1.165) is 20.9 Å². The number of alkyl halides is 1. The van der Waals surface area contributed by atoms with Crippen LogP contribution >= 0.6 is 33.9 Å². The van der Waals surface area contributed by atoms with Gasteiger partial charge in [0.05, 0.1) is 24.2 Å². The summed E-state index contributed by atoms with van der Waals surface area (Å²) in [6, 6.07) is 0. The Kier molecular flexibility index (Phi) is 4.33. The van der Waals surface area contributed by atoms with Crippen molar-refractivity contribution in [3.05, 3.63) is 28.5 Å². The summed E-state index contributed by atoms with van der Waals surface area (Å²) >= 11 is 3.77. The predicted octanol–water partition coefficient (Wildman–Crippen LogP) is 2.75. The third kappa shape index (κ3) is 2.56. The van der Waals surface area contributed by atoms with Gasteiger partial charge in [0.1, 0.15) is 5.56 Å². The first-order chi connectivity index (χ1) is 8.67. The Balaban J connectivity index is 2.33. The van der Waals surface area contributed by atoms with E-state index in [1.807, 2.05) is 12.3 Å². The van der Waals surface area contributed by atoms with Crippen molar-refractivity contribution in [2.24, 2.45) is 0 Å². The molecule has 0 N–H and O–H groups in total. The predicted molar refractivity (Wildman–Crippen MR) is 77.7 cm³/mol. The minimum absolute atomic E-state index is 0.341. The lowest BCUT2D eigenvalue weighted by Crippen LogP contribution is -2.06. The topological polar surface area (TPSA) is 57.0 Å². The molecule has 2 heterocycles. The van der Waals surface area contributed by atoms with Gasteiger partial charge < -0.3 is 4.74 Å². The molecule has 0 spiro atoms. The highest BCUT2D eigenvalue weighted by Gasteiger charge is 2.17. The van der Waals surface area contributed by atoms with Crippen molar-refractivity contribution in [3.63, 3.8) is 0 Å². The van der Waals surface area contributed by atoms with Gasteiger partial charge in [0.2, 0.25) is 5.13 Å². The van der Waals surface area contributed by atoms with Gasteiger partial charge in [-0.05, 0) is 13.8 Å². The molecule has 18 heavy (non-hydrogen) atoms. The number of aromatic nitrogens is 3. The maximum Gasteiger partial charge on any atom is 0.341 e. The maximum absolute atomic E-state index is 11.7. The van der Waals surface area contributed by atoms with E-state index in [0.29, 0.717) is 12.2 Å². The monoisotopic (exact) mass is 377 g/mol. The lowest BCUT2D eigenvalue weighted by Gasteiger charge is -2.01. The zero-order valence-electron chi connectivity index (χ0n) is 10.0. The van der Waals surface area contributed by atoms with Gasteiger partial charge >= 0.3 is 5.97 Å². The van der Waals surface area contributed by atoms with Crippen LogP contribution in [0, 0.1) is 6.92 Å². The Morgan fingerprint density at radius 1 is 1.61 bits per heavy atom. The molecule has 2 aromatic heterocycles. The summed E-state index contributed by atoms with van der Waals surface area (Å²) in [6.07, 6.45) is 1.53. The fourth-order valence-electron chi connectivity index (χ4n) is 1.47. The molecule has 2 rings (SSSR count). The van der Waals surface area contributed by atoms with E-state index in [9.17, 15) is 4.79 Å². The molecule has 0 bridgehead atoms. The number of nitrogens with zero attached hydrogens (tertiary/aromatic N) is 3. The normalized spacial score (nSPS) is 10.6. The maximum atomic E-state index is 11.7.